The van der Waals surface area contributed by atoms with E-state index >= 15 is 0 Å². The Morgan fingerprint density at radius 3 is 2.62 bits per heavy atom. The van der Waals surface area contributed by atoms with Gasteiger partial charge >= 0.3 is 12.6 Å². The van der Waals surface area contributed by atoms with Gasteiger partial charge in [-0.2, -0.15) is 8.78 Å². The fourth-order valence-corrected chi connectivity index (χ4v) is 1.69. The Bertz CT molecular complexity index is 412. The van der Waals surface area contributed by atoms with Gasteiger partial charge in [-0.3, -0.25) is 0 Å². The second-order valence-corrected chi connectivity index (χ2v) is 3.78. The first-order valence-corrected chi connectivity index (χ1v) is 5.15. The SMILES string of the molecule is COC(=O)c1ccc(OC(F)F)c(Cl)c1Br. The van der Waals surface area contributed by atoms with Gasteiger partial charge in [0, 0.05) is 0 Å². The summed E-state index contributed by atoms with van der Waals surface area (Å²) in [6.45, 7) is -2.98. The summed E-state index contributed by atoms with van der Waals surface area (Å²) in [7, 11) is 1.20. The number of ether oxygens (including phenoxy) is 2. The first-order valence-electron chi connectivity index (χ1n) is 3.98. The molecule has 0 amide bonds. The molecule has 0 aliphatic carbocycles. The highest BCUT2D eigenvalue weighted by molar-refractivity contribution is 9.10. The molecule has 0 aromatic heterocycles. The van der Waals surface area contributed by atoms with E-state index in [0.717, 1.165) is 0 Å². The summed E-state index contributed by atoms with van der Waals surface area (Å²) in [4.78, 5) is 11.2. The molecule has 0 aliphatic rings. The Morgan fingerprint density at radius 1 is 1.50 bits per heavy atom. The standard InChI is InChI=1S/C9H6BrClF2O3/c1-15-8(14)4-2-3-5(16-9(12)13)7(11)6(4)10/h2-3,9H,1H3. The van der Waals surface area contributed by atoms with Crippen LogP contribution in [0, 0.1) is 0 Å². The molecular formula is C9H6BrClF2O3. The molecule has 0 unspecified atom stereocenters. The van der Waals surface area contributed by atoms with E-state index in [4.69, 9.17) is 11.6 Å². The molecule has 0 fully saturated rings. The Balaban J connectivity index is 3.13. The second-order valence-electron chi connectivity index (χ2n) is 2.61. The number of halogens is 4. The van der Waals surface area contributed by atoms with Crippen LogP contribution in [0.1, 0.15) is 10.4 Å². The molecule has 3 nitrogen and oxygen atoms in total. The molecule has 0 spiro atoms. The van der Waals surface area contributed by atoms with Crippen LogP contribution in [0.5, 0.6) is 5.75 Å². The summed E-state index contributed by atoms with van der Waals surface area (Å²) in [5.74, 6) is -0.839. The van der Waals surface area contributed by atoms with Gasteiger partial charge < -0.3 is 9.47 Å². The molecule has 16 heavy (non-hydrogen) atoms. The van der Waals surface area contributed by atoms with Crippen molar-refractivity contribution in [1.82, 2.24) is 0 Å². The lowest BCUT2D eigenvalue weighted by molar-refractivity contribution is -0.0498. The Kier molecular flexibility index (Phi) is 4.49. The predicted molar refractivity (Wildman–Crippen MR) is 57.1 cm³/mol. The number of hydrogen-bond donors (Lipinski definition) is 0. The van der Waals surface area contributed by atoms with E-state index in [2.05, 4.69) is 25.4 Å². The smallest absolute Gasteiger partial charge is 0.387 e. The van der Waals surface area contributed by atoms with Crippen molar-refractivity contribution in [1.29, 1.82) is 0 Å². The number of rotatable bonds is 3. The predicted octanol–water partition coefficient (Wildman–Crippen LogP) is 3.49. The van der Waals surface area contributed by atoms with Gasteiger partial charge in [0.15, 0.2) is 0 Å². The van der Waals surface area contributed by atoms with Crippen molar-refractivity contribution >= 4 is 33.5 Å². The minimum absolute atomic E-state index is 0.108. The number of carbonyl (C=O) groups excluding carboxylic acids is 1. The van der Waals surface area contributed by atoms with Crippen LogP contribution in [-0.4, -0.2) is 19.7 Å². The number of hydrogen-bond acceptors (Lipinski definition) is 3. The van der Waals surface area contributed by atoms with E-state index in [-0.39, 0.29) is 20.8 Å². The number of esters is 1. The third-order valence-corrected chi connectivity index (χ3v) is 3.10. The normalized spacial score (nSPS) is 10.4. The van der Waals surface area contributed by atoms with Gasteiger partial charge in [-0.25, -0.2) is 4.79 Å². The van der Waals surface area contributed by atoms with Gasteiger partial charge in [0.05, 0.1) is 22.2 Å². The maximum Gasteiger partial charge on any atom is 0.387 e. The molecule has 1 aromatic rings. The Labute approximate surface area is 103 Å². The lowest BCUT2D eigenvalue weighted by atomic mass is 10.2. The fraction of sp³-hybridized carbons (Fsp3) is 0.222. The largest absolute Gasteiger partial charge is 0.465 e. The molecular weight excluding hydrogens is 309 g/mol. The lowest BCUT2D eigenvalue weighted by Crippen LogP contribution is -2.06. The highest BCUT2D eigenvalue weighted by Crippen LogP contribution is 2.35. The van der Waals surface area contributed by atoms with Crippen LogP contribution in [0.3, 0.4) is 0 Å². The van der Waals surface area contributed by atoms with Crippen LogP contribution < -0.4 is 4.74 Å². The van der Waals surface area contributed by atoms with Gasteiger partial charge in [0.2, 0.25) is 0 Å². The lowest BCUT2D eigenvalue weighted by Gasteiger charge is -2.10. The zero-order valence-electron chi connectivity index (χ0n) is 7.97. The van der Waals surface area contributed by atoms with E-state index in [1.165, 1.54) is 19.2 Å². The summed E-state index contributed by atoms with van der Waals surface area (Å²) in [5.41, 5.74) is 0.133. The zero-order valence-corrected chi connectivity index (χ0v) is 10.3. The van der Waals surface area contributed by atoms with E-state index < -0.39 is 12.6 Å². The third kappa shape index (κ3) is 2.82. The first-order chi connectivity index (χ1) is 7.47. The maximum atomic E-state index is 12.0. The molecule has 0 N–H and O–H groups in total. The van der Waals surface area contributed by atoms with E-state index in [0.29, 0.717) is 0 Å². The van der Waals surface area contributed by atoms with E-state index in [1.807, 2.05) is 0 Å². The molecule has 0 bridgehead atoms. The van der Waals surface area contributed by atoms with Crippen LogP contribution in [-0.2, 0) is 4.74 Å². The van der Waals surface area contributed by atoms with Crippen molar-refractivity contribution in [2.24, 2.45) is 0 Å². The topological polar surface area (TPSA) is 35.5 Å². The van der Waals surface area contributed by atoms with E-state index in [9.17, 15) is 13.6 Å². The first kappa shape index (κ1) is 13.2. The monoisotopic (exact) mass is 314 g/mol. The Hall–Kier alpha value is -0.880. The Morgan fingerprint density at radius 2 is 2.12 bits per heavy atom. The fourth-order valence-electron chi connectivity index (χ4n) is 0.986. The highest BCUT2D eigenvalue weighted by atomic mass is 79.9. The molecule has 1 rings (SSSR count). The minimum Gasteiger partial charge on any atom is -0.465 e. The molecule has 0 radical (unpaired) electrons. The van der Waals surface area contributed by atoms with Crippen LogP contribution in [0.4, 0.5) is 8.78 Å². The summed E-state index contributed by atoms with van der Waals surface area (Å²) in [6.07, 6.45) is 0. The summed E-state index contributed by atoms with van der Waals surface area (Å²) >= 11 is 8.74. The van der Waals surface area contributed by atoms with Crippen molar-refractivity contribution in [2.45, 2.75) is 6.61 Å². The minimum atomic E-state index is -2.98. The highest BCUT2D eigenvalue weighted by Gasteiger charge is 2.18. The molecule has 0 aliphatic heterocycles. The average Bonchev–Trinajstić information content (AvgIpc) is 2.23. The summed E-state index contributed by atoms with van der Waals surface area (Å²) < 4.78 is 32.7. The molecule has 1 aromatic carbocycles. The number of carbonyl (C=O) groups is 1. The molecule has 7 heteroatoms. The maximum absolute atomic E-state index is 12.0. The van der Waals surface area contributed by atoms with E-state index in [1.54, 1.807) is 0 Å². The number of alkyl halides is 2. The molecule has 0 atom stereocenters. The number of benzene rings is 1. The van der Waals surface area contributed by atoms with Crippen molar-refractivity contribution in [3.63, 3.8) is 0 Å². The van der Waals surface area contributed by atoms with Crippen LogP contribution >= 0.6 is 27.5 Å². The van der Waals surface area contributed by atoms with Crippen LogP contribution in [0.2, 0.25) is 5.02 Å². The summed E-state index contributed by atoms with van der Waals surface area (Å²) in [6, 6.07) is 2.45. The van der Waals surface area contributed by atoms with Crippen LogP contribution in [0.15, 0.2) is 16.6 Å². The van der Waals surface area contributed by atoms with Gasteiger partial charge in [-0.1, -0.05) is 11.6 Å². The molecule has 0 saturated carbocycles. The van der Waals surface area contributed by atoms with Crippen molar-refractivity contribution in [3.05, 3.63) is 27.2 Å². The summed E-state index contributed by atoms with van der Waals surface area (Å²) in [5, 5.41) is -0.108. The van der Waals surface area contributed by atoms with Gasteiger partial charge in [-0.05, 0) is 28.1 Å². The molecule has 0 saturated heterocycles. The molecule has 88 valence electrons. The zero-order chi connectivity index (χ0) is 12.3. The molecule has 0 heterocycles. The van der Waals surface area contributed by atoms with Crippen molar-refractivity contribution < 1.29 is 23.0 Å². The van der Waals surface area contributed by atoms with Gasteiger partial charge in [0.25, 0.3) is 0 Å². The third-order valence-electron chi connectivity index (χ3n) is 1.67. The number of methoxy groups -OCH3 is 1. The van der Waals surface area contributed by atoms with Gasteiger partial charge in [0.1, 0.15) is 5.75 Å². The van der Waals surface area contributed by atoms with Gasteiger partial charge in [-0.15, -0.1) is 0 Å². The van der Waals surface area contributed by atoms with Crippen LogP contribution in [0.25, 0.3) is 0 Å². The average molecular weight is 315 g/mol. The van der Waals surface area contributed by atoms with Crippen molar-refractivity contribution in [2.75, 3.05) is 7.11 Å². The van der Waals surface area contributed by atoms with Crippen molar-refractivity contribution in [3.8, 4) is 5.75 Å². The quantitative estimate of drug-likeness (QED) is 0.801. The second kappa shape index (κ2) is 5.45.